The van der Waals surface area contributed by atoms with Gasteiger partial charge in [0.05, 0.1) is 19.9 Å². The molecule has 0 atom stereocenters. The molecule has 1 amide bonds. The number of ether oxygens (including phenoxy) is 2. The van der Waals surface area contributed by atoms with Gasteiger partial charge in [0.2, 0.25) is 0 Å². The molecule has 0 aromatic heterocycles. The van der Waals surface area contributed by atoms with E-state index in [-0.39, 0.29) is 5.91 Å². The molecule has 0 saturated carbocycles. The first-order valence-corrected chi connectivity index (χ1v) is 9.10. The summed E-state index contributed by atoms with van der Waals surface area (Å²) in [5.41, 5.74) is 1.87. The van der Waals surface area contributed by atoms with Gasteiger partial charge >= 0.3 is 0 Å². The molecule has 6 heteroatoms. The Labute approximate surface area is 168 Å². The monoisotopic (exact) mass is 390 g/mol. The van der Waals surface area contributed by atoms with Crippen LogP contribution in [0.4, 0.5) is 5.69 Å². The van der Waals surface area contributed by atoms with Crippen LogP contribution < -0.4 is 19.7 Å². The van der Waals surface area contributed by atoms with Crippen molar-refractivity contribution in [3.05, 3.63) is 71.9 Å². The average Bonchev–Trinajstić information content (AvgIpc) is 3.01. The van der Waals surface area contributed by atoms with E-state index in [1.54, 1.807) is 26.4 Å². The molecule has 3 aromatic rings. The van der Waals surface area contributed by atoms with E-state index < -0.39 is 0 Å². The molecule has 1 N–H and O–H groups in total. The number of nitrogens with one attached hydrogen (secondary N) is 1. The molecule has 1 saturated heterocycles. The Morgan fingerprint density at radius 1 is 1.00 bits per heavy atom. The molecule has 140 valence electrons. The fourth-order valence-corrected chi connectivity index (χ4v) is 3.56. The van der Waals surface area contributed by atoms with Gasteiger partial charge in [-0.05, 0) is 47.3 Å². The van der Waals surface area contributed by atoms with E-state index in [0.717, 1.165) is 16.3 Å². The Hall–Kier alpha value is -3.38. The standard InChI is InChI=1S/C22H18N2O3S/c1-26-16-8-5-7-15(12-16)24-21(25)19(23-22(24)28)13-18-17-9-4-3-6-14(17)10-11-20(18)27-2/h3-13H,1-2H3,(H,23,28). The summed E-state index contributed by atoms with van der Waals surface area (Å²) in [4.78, 5) is 14.5. The van der Waals surface area contributed by atoms with Gasteiger partial charge in [-0.25, -0.2) is 0 Å². The van der Waals surface area contributed by atoms with Crippen LogP contribution in [0, 0.1) is 0 Å². The fraction of sp³-hybridized carbons (Fsp3) is 0.0909. The summed E-state index contributed by atoms with van der Waals surface area (Å²) < 4.78 is 10.8. The fourth-order valence-electron chi connectivity index (χ4n) is 3.27. The van der Waals surface area contributed by atoms with E-state index >= 15 is 0 Å². The molecular formula is C22H18N2O3S. The molecule has 0 radical (unpaired) electrons. The minimum Gasteiger partial charge on any atom is -0.497 e. The van der Waals surface area contributed by atoms with Crippen molar-refractivity contribution >= 4 is 45.8 Å². The first-order valence-electron chi connectivity index (χ1n) is 8.69. The lowest BCUT2D eigenvalue weighted by Gasteiger charge is -2.14. The van der Waals surface area contributed by atoms with Crippen molar-refractivity contribution in [3.63, 3.8) is 0 Å². The maximum atomic E-state index is 13.1. The van der Waals surface area contributed by atoms with Gasteiger partial charge in [-0.1, -0.05) is 36.4 Å². The maximum Gasteiger partial charge on any atom is 0.281 e. The lowest BCUT2D eigenvalue weighted by molar-refractivity contribution is -0.113. The third-order valence-corrected chi connectivity index (χ3v) is 4.91. The second kappa shape index (κ2) is 7.32. The number of thiocarbonyl (C=S) groups is 1. The highest BCUT2D eigenvalue weighted by Crippen LogP contribution is 2.32. The van der Waals surface area contributed by atoms with Crippen molar-refractivity contribution in [3.8, 4) is 11.5 Å². The zero-order valence-electron chi connectivity index (χ0n) is 15.4. The van der Waals surface area contributed by atoms with Gasteiger partial charge in [-0.3, -0.25) is 9.69 Å². The molecule has 1 heterocycles. The van der Waals surface area contributed by atoms with Crippen molar-refractivity contribution < 1.29 is 14.3 Å². The summed E-state index contributed by atoms with van der Waals surface area (Å²) >= 11 is 5.41. The van der Waals surface area contributed by atoms with Gasteiger partial charge in [0.25, 0.3) is 5.91 Å². The van der Waals surface area contributed by atoms with E-state index in [4.69, 9.17) is 21.7 Å². The number of hydrogen-bond donors (Lipinski definition) is 1. The van der Waals surface area contributed by atoms with E-state index in [2.05, 4.69) is 5.32 Å². The summed E-state index contributed by atoms with van der Waals surface area (Å²) in [5.74, 6) is 1.11. The highest BCUT2D eigenvalue weighted by Gasteiger charge is 2.32. The molecule has 1 fully saturated rings. The molecule has 4 rings (SSSR count). The lowest BCUT2D eigenvalue weighted by Crippen LogP contribution is -2.30. The van der Waals surface area contributed by atoms with Crippen LogP contribution in [0.3, 0.4) is 0 Å². The number of hydrogen-bond acceptors (Lipinski definition) is 4. The van der Waals surface area contributed by atoms with Crippen molar-refractivity contribution in [2.24, 2.45) is 0 Å². The summed E-state index contributed by atoms with van der Waals surface area (Å²) in [6.07, 6.45) is 1.79. The quantitative estimate of drug-likeness (QED) is 0.536. The highest BCUT2D eigenvalue weighted by atomic mass is 32.1. The lowest BCUT2D eigenvalue weighted by atomic mass is 10.0. The van der Waals surface area contributed by atoms with Crippen LogP contribution in [0.5, 0.6) is 11.5 Å². The van der Waals surface area contributed by atoms with Gasteiger partial charge in [0, 0.05) is 11.6 Å². The first-order chi connectivity index (χ1) is 13.6. The number of fused-ring (bicyclic) bond motifs is 1. The number of carbonyl (C=O) groups excluding carboxylic acids is 1. The minimum absolute atomic E-state index is 0.228. The van der Waals surface area contributed by atoms with E-state index in [9.17, 15) is 4.79 Å². The summed E-state index contributed by atoms with van der Waals surface area (Å²) in [6.45, 7) is 0. The Kier molecular flexibility index (Phi) is 4.71. The zero-order chi connectivity index (χ0) is 19.7. The molecule has 0 bridgehead atoms. The average molecular weight is 390 g/mol. The minimum atomic E-state index is -0.228. The smallest absolute Gasteiger partial charge is 0.281 e. The number of anilines is 1. The Balaban J connectivity index is 1.79. The molecule has 0 spiro atoms. The molecule has 0 aliphatic carbocycles. The second-order valence-corrected chi connectivity index (χ2v) is 6.62. The van der Waals surface area contributed by atoms with Crippen LogP contribution in [0.15, 0.2) is 66.4 Å². The maximum absolute atomic E-state index is 13.1. The van der Waals surface area contributed by atoms with Crippen molar-refractivity contribution in [2.45, 2.75) is 0 Å². The van der Waals surface area contributed by atoms with Crippen LogP contribution >= 0.6 is 12.2 Å². The van der Waals surface area contributed by atoms with Gasteiger partial charge in [-0.15, -0.1) is 0 Å². The molecule has 28 heavy (non-hydrogen) atoms. The predicted molar refractivity (Wildman–Crippen MR) is 115 cm³/mol. The summed E-state index contributed by atoms with van der Waals surface area (Å²) in [5, 5.41) is 5.41. The van der Waals surface area contributed by atoms with Crippen LogP contribution in [0.1, 0.15) is 5.56 Å². The Morgan fingerprint density at radius 2 is 1.82 bits per heavy atom. The van der Waals surface area contributed by atoms with Crippen LogP contribution in [0.25, 0.3) is 16.8 Å². The largest absolute Gasteiger partial charge is 0.497 e. The predicted octanol–water partition coefficient (Wildman–Crippen LogP) is 4.12. The number of amides is 1. The van der Waals surface area contributed by atoms with Crippen molar-refractivity contribution in [2.75, 3.05) is 19.1 Å². The topological polar surface area (TPSA) is 50.8 Å². The van der Waals surface area contributed by atoms with E-state index in [1.165, 1.54) is 4.90 Å². The molecule has 1 aliphatic heterocycles. The summed E-state index contributed by atoms with van der Waals surface area (Å²) in [6, 6.07) is 19.1. The van der Waals surface area contributed by atoms with E-state index in [1.807, 2.05) is 54.6 Å². The third kappa shape index (κ3) is 3.08. The number of benzene rings is 3. The summed E-state index contributed by atoms with van der Waals surface area (Å²) in [7, 11) is 3.20. The Morgan fingerprint density at radius 3 is 2.61 bits per heavy atom. The number of methoxy groups -OCH3 is 2. The SMILES string of the molecule is COc1cccc(N2C(=O)C(=Cc3c(OC)ccc4ccccc34)NC2=S)c1. The molecule has 3 aromatic carbocycles. The van der Waals surface area contributed by atoms with Crippen molar-refractivity contribution in [1.29, 1.82) is 0 Å². The highest BCUT2D eigenvalue weighted by molar-refractivity contribution is 7.80. The molecule has 0 unspecified atom stereocenters. The Bertz CT molecular complexity index is 1120. The second-order valence-electron chi connectivity index (χ2n) is 6.23. The van der Waals surface area contributed by atoms with E-state index in [0.29, 0.717) is 28.0 Å². The molecular weight excluding hydrogens is 372 g/mol. The van der Waals surface area contributed by atoms with Crippen molar-refractivity contribution in [1.82, 2.24) is 5.32 Å². The van der Waals surface area contributed by atoms with Crippen LogP contribution in [0.2, 0.25) is 0 Å². The molecule has 5 nitrogen and oxygen atoms in total. The first kappa shape index (κ1) is 18.0. The van der Waals surface area contributed by atoms with Crippen LogP contribution in [-0.2, 0) is 4.79 Å². The van der Waals surface area contributed by atoms with Gasteiger partial charge in [0.1, 0.15) is 17.2 Å². The number of rotatable bonds is 4. The normalized spacial score (nSPS) is 15.2. The number of carbonyl (C=O) groups is 1. The third-order valence-electron chi connectivity index (χ3n) is 4.63. The number of nitrogens with zero attached hydrogens (tertiary/aromatic N) is 1. The molecule has 1 aliphatic rings. The van der Waals surface area contributed by atoms with Gasteiger partial charge < -0.3 is 14.8 Å². The van der Waals surface area contributed by atoms with Gasteiger partial charge in [0.15, 0.2) is 5.11 Å². The van der Waals surface area contributed by atoms with Gasteiger partial charge in [-0.2, -0.15) is 0 Å². The van der Waals surface area contributed by atoms with Crippen LogP contribution in [-0.4, -0.2) is 25.2 Å². The zero-order valence-corrected chi connectivity index (χ0v) is 16.2.